The first-order valence-corrected chi connectivity index (χ1v) is 10.3. The second-order valence-electron chi connectivity index (χ2n) is 6.58. The zero-order valence-corrected chi connectivity index (χ0v) is 16.2. The van der Waals surface area contributed by atoms with Crippen molar-refractivity contribution in [2.75, 3.05) is 5.75 Å². The van der Waals surface area contributed by atoms with Crippen LogP contribution in [0.4, 0.5) is 0 Å². The molecule has 0 radical (unpaired) electrons. The number of para-hydroxylation sites is 4. The summed E-state index contributed by atoms with van der Waals surface area (Å²) in [6.45, 7) is 3.23. The molecule has 0 unspecified atom stereocenters. The fraction of sp³-hybridized carbons (Fsp3) is 0.333. The van der Waals surface area contributed by atoms with Gasteiger partial charge in [0.2, 0.25) is 0 Å². The van der Waals surface area contributed by atoms with Gasteiger partial charge in [-0.25, -0.2) is 14.5 Å². The highest BCUT2D eigenvalue weighted by Gasteiger charge is 2.15. The van der Waals surface area contributed by atoms with E-state index in [0.717, 1.165) is 24.2 Å². The average molecular weight is 366 g/mol. The van der Waals surface area contributed by atoms with Crippen LogP contribution in [0.5, 0.6) is 0 Å². The van der Waals surface area contributed by atoms with Crippen LogP contribution in [0.15, 0.2) is 53.7 Å². The number of aromatic nitrogens is 4. The van der Waals surface area contributed by atoms with E-state index in [1.807, 2.05) is 11.8 Å². The lowest BCUT2D eigenvalue weighted by Gasteiger charge is -2.07. The maximum Gasteiger partial charge on any atom is 0.316 e. The molecule has 0 fully saturated rings. The van der Waals surface area contributed by atoms with E-state index >= 15 is 0 Å². The van der Waals surface area contributed by atoms with E-state index in [-0.39, 0.29) is 0 Å². The molecule has 0 aliphatic carbocycles. The number of unbranched alkanes of at least 4 members (excludes halogenated alkanes) is 1. The van der Waals surface area contributed by atoms with E-state index in [1.54, 1.807) is 0 Å². The van der Waals surface area contributed by atoms with Gasteiger partial charge in [0.25, 0.3) is 0 Å². The van der Waals surface area contributed by atoms with Crippen LogP contribution in [-0.2, 0) is 20.0 Å². The number of thioether (sulfide) groups is 1. The smallest absolute Gasteiger partial charge is 0.316 e. The molecule has 2 aromatic heterocycles. The molecule has 0 spiro atoms. The summed E-state index contributed by atoms with van der Waals surface area (Å²) in [5.74, 6) is 2.32. The number of imidazole rings is 2. The molecule has 4 rings (SSSR count). The van der Waals surface area contributed by atoms with Gasteiger partial charge in [-0.2, -0.15) is 0 Å². The quantitative estimate of drug-likeness (QED) is 0.298. The summed E-state index contributed by atoms with van der Waals surface area (Å²) in [4.78, 5) is 8.28. The molecule has 26 heavy (non-hydrogen) atoms. The van der Waals surface area contributed by atoms with Crippen LogP contribution in [-0.4, -0.2) is 20.3 Å². The minimum atomic E-state index is 0.980. The second kappa shape index (κ2) is 7.54. The number of benzene rings is 2. The molecule has 4 nitrogen and oxygen atoms in total. The molecule has 0 atom stereocenters. The summed E-state index contributed by atoms with van der Waals surface area (Å²) in [6, 6.07) is 16.9. The summed E-state index contributed by atoms with van der Waals surface area (Å²) in [6.07, 6.45) is 3.34. The number of hydrogen-bond donors (Lipinski definition) is 1. The minimum Gasteiger partial charge on any atom is -0.328 e. The van der Waals surface area contributed by atoms with Crippen molar-refractivity contribution in [1.29, 1.82) is 0 Å². The van der Waals surface area contributed by atoms with Crippen LogP contribution in [0, 0.1) is 0 Å². The summed E-state index contributed by atoms with van der Waals surface area (Å²) < 4.78 is 4.64. The van der Waals surface area contributed by atoms with Gasteiger partial charge in [-0.3, -0.25) is 0 Å². The number of hydrogen-bond acceptors (Lipinski definition) is 2. The van der Waals surface area contributed by atoms with Gasteiger partial charge < -0.3 is 4.57 Å². The van der Waals surface area contributed by atoms with Crippen molar-refractivity contribution in [1.82, 2.24) is 14.5 Å². The van der Waals surface area contributed by atoms with Crippen LogP contribution < -0.4 is 4.57 Å². The fourth-order valence-corrected chi connectivity index (χ4v) is 4.51. The van der Waals surface area contributed by atoms with Crippen LogP contribution in [0.2, 0.25) is 0 Å². The Morgan fingerprint density at radius 2 is 1.88 bits per heavy atom. The van der Waals surface area contributed by atoms with Crippen LogP contribution >= 0.6 is 11.8 Å². The van der Waals surface area contributed by atoms with Crippen LogP contribution in [0.25, 0.3) is 22.1 Å². The molecule has 0 amide bonds. The molecule has 0 aliphatic heterocycles. The van der Waals surface area contributed by atoms with Gasteiger partial charge in [0.05, 0.1) is 18.1 Å². The number of rotatable bonds is 7. The summed E-state index contributed by atoms with van der Waals surface area (Å²) in [5.41, 5.74) is 4.84. The van der Waals surface area contributed by atoms with Gasteiger partial charge in [-0.15, -0.1) is 0 Å². The van der Waals surface area contributed by atoms with Crippen molar-refractivity contribution in [3.8, 4) is 0 Å². The highest BCUT2D eigenvalue weighted by atomic mass is 32.2. The zero-order chi connectivity index (χ0) is 17.9. The Balaban J connectivity index is 1.36. The number of H-pyrrole nitrogens is 1. The zero-order valence-electron chi connectivity index (χ0n) is 15.4. The SMILES string of the molecule is CCc1nc2ccccc2n1CCCCSc1[nH]c2ccccc2[n+]1C. The first-order chi connectivity index (χ1) is 12.8. The molecule has 0 bridgehead atoms. The molecule has 2 heterocycles. The standard InChI is InChI=1S/C21H24N4S/c1-3-20-22-17-11-5-7-13-19(17)25(20)14-8-9-15-26-21-23-16-10-4-6-12-18(16)24(21)2/h4-7,10-13H,3,8-9,14-15H2,1-2H3/p+1. The summed E-state index contributed by atoms with van der Waals surface area (Å²) in [5, 5.41) is 1.23. The third-order valence-electron chi connectivity index (χ3n) is 4.88. The van der Waals surface area contributed by atoms with Crippen LogP contribution in [0.3, 0.4) is 0 Å². The number of aryl methyl sites for hydroxylation is 3. The van der Waals surface area contributed by atoms with E-state index < -0.39 is 0 Å². The lowest BCUT2D eigenvalue weighted by Crippen LogP contribution is -2.28. The minimum absolute atomic E-state index is 0.980. The monoisotopic (exact) mass is 365 g/mol. The molecule has 0 saturated heterocycles. The Kier molecular flexibility index (Phi) is 4.98. The second-order valence-corrected chi connectivity index (χ2v) is 7.67. The number of aromatic amines is 1. The highest BCUT2D eigenvalue weighted by molar-refractivity contribution is 7.99. The first kappa shape index (κ1) is 17.2. The Hall–Kier alpha value is -2.27. The highest BCUT2D eigenvalue weighted by Crippen LogP contribution is 2.20. The molecule has 4 aromatic rings. The average Bonchev–Trinajstić information content (AvgIpc) is 3.19. The Labute approximate surface area is 158 Å². The summed E-state index contributed by atoms with van der Waals surface area (Å²) in [7, 11) is 2.13. The Morgan fingerprint density at radius 3 is 2.73 bits per heavy atom. The third-order valence-corrected chi connectivity index (χ3v) is 6.02. The first-order valence-electron chi connectivity index (χ1n) is 9.31. The predicted octanol–water partition coefficient (Wildman–Crippen LogP) is 4.48. The number of nitrogens with one attached hydrogen (secondary N) is 1. The van der Waals surface area contributed by atoms with Gasteiger partial charge in [0, 0.05) is 18.7 Å². The molecule has 5 heteroatoms. The molecular weight excluding hydrogens is 340 g/mol. The molecule has 2 aromatic carbocycles. The van der Waals surface area contributed by atoms with E-state index in [2.05, 4.69) is 76.6 Å². The predicted molar refractivity (Wildman–Crippen MR) is 109 cm³/mol. The van der Waals surface area contributed by atoms with Crippen molar-refractivity contribution >= 4 is 33.8 Å². The van der Waals surface area contributed by atoms with Crippen molar-refractivity contribution in [2.24, 2.45) is 7.05 Å². The van der Waals surface area contributed by atoms with Crippen molar-refractivity contribution in [3.05, 3.63) is 54.4 Å². The lowest BCUT2D eigenvalue weighted by atomic mass is 10.3. The lowest BCUT2D eigenvalue weighted by molar-refractivity contribution is -0.683. The largest absolute Gasteiger partial charge is 0.328 e. The molecule has 1 N–H and O–H groups in total. The number of nitrogens with zero attached hydrogens (tertiary/aromatic N) is 3. The summed E-state index contributed by atoms with van der Waals surface area (Å²) >= 11 is 1.91. The van der Waals surface area contributed by atoms with Crippen molar-refractivity contribution in [2.45, 2.75) is 37.9 Å². The normalized spacial score (nSPS) is 11.6. The van der Waals surface area contributed by atoms with Gasteiger partial charge in [-0.05, 0) is 48.9 Å². The molecule has 0 saturated carbocycles. The maximum absolute atomic E-state index is 4.76. The Morgan fingerprint density at radius 1 is 1.08 bits per heavy atom. The van der Waals surface area contributed by atoms with Gasteiger partial charge in [-0.1, -0.05) is 31.2 Å². The van der Waals surface area contributed by atoms with Crippen molar-refractivity contribution < 1.29 is 4.57 Å². The van der Waals surface area contributed by atoms with Gasteiger partial charge in [0.15, 0.2) is 11.0 Å². The molecule has 134 valence electrons. The molecular formula is C21H25N4S+. The fourth-order valence-electron chi connectivity index (χ4n) is 3.50. The van der Waals surface area contributed by atoms with E-state index in [0.29, 0.717) is 0 Å². The Bertz CT molecular complexity index is 1030. The van der Waals surface area contributed by atoms with Crippen LogP contribution in [0.1, 0.15) is 25.6 Å². The van der Waals surface area contributed by atoms with E-state index in [9.17, 15) is 0 Å². The third kappa shape index (κ3) is 3.23. The van der Waals surface area contributed by atoms with Crippen molar-refractivity contribution in [3.63, 3.8) is 0 Å². The van der Waals surface area contributed by atoms with Gasteiger partial charge in [0.1, 0.15) is 5.82 Å². The maximum atomic E-state index is 4.76. The van der Waals surface area contributed by atoms with Gasteiger partial charge >= 0.3 is 5.16 Å². The van der Waals surface area contributed by atoms with E-state index in [4.69, 9.17) is 4.98 Å². The van der Waals surface area contributed by atoms with E-state index in [1.165, 1.54) is 40.4 Å². The number of fused-ring (bicyclic) bond motifs is 2. The topological polar surface area (TPSA) is 37.5 Å². The molecule has 0 aliphatic rings.